The number of aliphatic hydroxyl groups is 1. The number of hydrogen-bond acceptors (Lipinski definition) is 8. The minimum Gasteiger partial charge on any atom is -0.480 e. The van der Waals surface area contributed by atoms with Gasteiger partial charge in [-0.05, 0) is 24.7 Å². The zero-order valence-corrected chi connectivity index (χ0v) is 17.4. The maximum absolute atomic E-state index is 12.8. The number of thiazole rings is 1. The van der Waals surface area contributed by atoms with Gasteiger partial charge in [-0.3, -0.25) is 10.7 Å². The second kappa shape index (κ2) is 7.92. The molecule has 4 heterocycles. The van der Waals surface area contributed by atoms with Crippen molar-refractivity contribution in [3.05, 3.63) is 17.2 Å². The Kier molecular flexibility index (Phi) is 5.50. The average molecular weight is 422 g/mol. The van der Waals surface area contributed by atoms with E-state index in [-0.39, 0.29) is 23.4 Å². The molecule has 0 aromatic carbocycles. The number of carbonyl (C=O) groups excluding carboxylic acids is 1. The van der Waals surface area contributed by atoms with Crippen LogP contribution in [0, 0.1) is 10.8 Å². The Balaban J connectivity index is 1.46. The summed E-state index contributed by atoms with van der Waals surface area (Å²) in [6, 6.07) is -0.172. The minimum atomic E-state index is -0.364. The van der Waals surface area contributed by atoms with Gasteiger partial charge in [0.25, 0.3) is 0 Å². The summed E-state index contributed by atoms with van der Waals surface area (Å²) in [5.74, 6) is -0.0821. The Morgan fingerprint density at radius 3 is 2.76 bits per heavy atom. The SMILES string of the molecule is C=C(c1sc(NC(=O)N2CCC3(CCOCC3)C2)nc1C(=N)OC)N1CC(O)C1. The third-order valence-corrected chi connectivity index (χ3v) is 7.07. The van der Waals surface area contributed by atoms with Crippen LogP contribution in [0.2, 0.25) is 0 Å². The molecular formula is C19H27N5O4S. The summed E-state index contributed by atoms with van der Waals surface area (Å²) in [6.45, 7) is 8.07. The average Bonchev–Trinajstić information content (AvgIpc) is 3.30. The highest BCUT2D eigenvalue weighted by Gasteiger charge is 2.41. The zero-order chi connectivity index (χ0) is 20.6. The summed E-state index contributed by atoms with van der Waals surface area (Å²) < 4.78 is 10.5. The lowest BCUT2D eigenvalue weighted by molar-refractivity contribution is 0.0211. The highest BCUT2D eigenvalue weighted by atomic mass is 32.1. The summed E-state index contributed by atoms with van der Waals surface area (Å²) >= 11 is 1.27. The second-order valence-electron chi connectivity index (χ2n) is 7.95. The van der Waals surface area contributed by atoms with Gasteiger partial charge in [-0.15, -0.1) is 0 Å². The van der Waals surface area contributed by atoms with E-state index in [1.807, 2.05) is 9.80 Å². The van der Waals surface area contributed by atoms with E-state index in [4.69, 9.17) is 14.9 Å². The maximum Gasteiger partial charge on any atom is 0.323 e. The van der Waals surface area contributed by atoms with Gasteiger partial charge < -0.3 is 24.4 Å². The van der Waals surface area contributed by atoms with E-state index in [1.54, 1.807) is 0 Å². The van der Waals surface area contributed by atoms with E-state index in [9.17, 15) is 9.90 Å². The first-order valence-corrected chi connectivity index (χ1v) is 10.6. The smallest absolute Gasteiger partial charge is 0.323 e. The number of nitrogens with zero attached hydrogens (tertiary/aromatic N) is 3. The van der Waals surface area contributed by atoms with E-state index in [0.29, 0.717) is 34.5 Å². The third-order valence-electron chi connectivity index (χ3n) is 6.05. The molecule has 2 amide bonds. The van der Waals surface area contributed by atoms with E-state index < -0.39 is 0 Å². The van der Waals surface area contributed by atoms with E-state index >= 15 is 0 Å². The van der Waals surface area contributed by atoms with Crippen molar-refractivity contribution in [2.24, 2.45) is 5.41 Å². The molecule has 1 spiro atoms. The molecule has 0 aliphatic carbocycles. The lowest BCUT2D eigenvalue weighted by Crippen LogP contribution is -2.49. The molecule has 1 aromatic heterocycles. The molecule has 3 aliphatic rings. The number of nitrogens with one attached hydrogen (secondary N) is 2. The van der Waals surface area contributed by atoms with Crippen molar-refractivity contribution >= 4 is 34.1 Å². The molecule has 158 valence electrons. The summed E-state index contributed by atoms with van der Waals surface area (Å²) in [5.41, 5.74) is 1.20. The number of carbonyl (C=O) groups is 1. The number of aliphatic hydroxyl groups excluding tert-OH is 1. The lowest BCUT2D eigenvalue weighted by atomic mass is 9.80. The molecule has 0 saturated carbocycles. The highest BCUT2D eigenvalue weighted by molar-refractivity contribution is 7.17. The maximum atomic E-state index is 12.8. The summed E-state index contributed by atoms with van der Waals surface area (Å²) in [7, 11) is 1.41. The monoisotopic (exact) mass is 421 g/mol. The van der Waals surface area contributed by atoms with Gasteiger partial charge in [0.05, 0.1) is 18.1 Å². The van der Waals surface area contributed by atoms with Crippen molar-refractivity contribution in [3.63, 3.8) is 0 Å². The fourth-order valence-electron chi connectivity index (χ4n) is 4.13. The van der Waals surface area contributed by atoms with Gasteiger partial charge in [0.1, 0.15) is 5.69 Å². The molecule has 3 saturated heterocycles. The molecular weight excluding hydrogens is 394 g/mol. The molecule has 3 aliphatic heterocycles. The normalized spacial score (nSPS) is 21.2. The zero-order valence-electron chi connectivity index (χ0n) is 16.6. The molecule has 4 rings (SSSR count). The quantitative estimate of drug-likeness (QED) is 0.505. The molecule has 1 aromatic rings. The summed E-state index contributed by atoms with van der Waals surface area (Å²) in [6.07, 6.45) is 2.63. The van der Waals surface area contributed by atoms with E-state index in [2.05, 4.69) is 16.9 Å². The fraction of sp³-hybridized carbons (Fsp3) is 0.632. The minimum absolute atomic E-state index is 0.0821. The van der Waals surface area contributed by atoms with E-state index in [0.717, 1.165) is 45.6 Å². The van der Waals surface area contributed by atoms with Crippen LogP contribution >= 0.6 is 11.3 Å². The Morgan fingerprint density at radius 2 is 2.10 bits per heavy atom. The lowest BCUT2D eigenvalue weighted by Gasteiger charge is -2.38. The first-order chi connectivity index (χ1) is 13.9. The van der Waals surface area contributed by atoms with Crippen molar-refractivity contribution < 1.29 is 19.4 Å². The Morgan fingerprint density at radius 1 is 1.38 bits per heavy atom. The van der Waals surface area contributed by atoms with Crippen LogP contribution in [-0.4, -0.2) is 84.4 Å². The number of rotatable bonds is 4. The Bertz CT molecular complexity index is 814. The van der Waals surface area contributed by atoms with Crippen LogP contribution in [0.4, 0.5) is 9.93 Å². The van der Waals surface area contributed by atoms with Crippen LogP contribution in [0.25, 0.3) is 5.70 Å². The number of ether oxygens (including phenoxy) is 2. The highest BCUT2D eigenvalue weighted by Crippen LogP contribution is 2.40. The van der Waals surface area contributed by atoms with Crippen molar-refractivity contribution in [1.82, 2.24) is 14.8 Å². The van der Waals surface area contributed by atoms with Gasteiger partial charge >= 0.3 is 6.03 Å². The number of amides is 2. The van der Waals surface area contributed by atoms with Gasteiger partial charge in [0.2, 0.25) is 5.90 Å². The Labute approximate surface area is 173 Å². The Hall–Kier alpha value is -2.17. The van der Waals surface area contributed by atoms with Gasteiger partial charge in [-0.1, -0.05) is 17.9 Å². The summed E-state index contributed by atoms with van der Waals surface area (Å²) in [4.78, 5) is 21.7. The van der Waals surface area contributed by atoms with Crippen LogP contribution < -0.4 is 5.32 Å². The van der Waals surface area contributed by atoms with Gasteiger partial charge in [-0.2, -0.15) is 0 Å². The van der Waals surface area contributed by atoms with Crippen LogP contribution in [0.1, 0.15) is 29.8 Å². The summed E-state index contributed by atoms with van der Waals surface area (Å²) in [5, 5.41) is 20.9. The molecule has 0 atom stereocenters. The molecule has 10 heteroatoms. The van der Waals surface area contributed by atoms with Crippen molar-refractivity contribution in [2.45, 2.75) is 25.4 Å². The molecule has 0 bridgehead atoms. The largest absolute Gasteiger partial charge is 0.480 e. The molecule has 3 N–H and O–H groups in total. The van der Waals surface area contributed by atoms with Crippen LogP contribution in [0.3, 0.4) is 0 Å². The van der Waals surface area contributed by atoms with Crippen LogP contribution in [0.15, 0.2) is 6.58 Å². The van der Waals surface area contributed by atoms with Gasteiger partial charge in [0, 0.05) is 45.1 Å². The van der Waals surface area contributed by atoms with Gasteiger partial charge in [0.15, 0.2) is 5.13 Å². The standard InChI is InChI=1S/C19H27N5O4S/c1-12(24-9-13(25)10-24)15-14(16(20)27-2)21-17(29-15)22-18(26)23-6-3-19(11-23)4-7-28-8-5-19/h13,20,25H,1,3-11H2,2H3,(H,21,22,26). The predicted octanol–water partition coefficient (Wildman–Crippen LogP) is 1.80. The van der Waals surface area contributed by atoms with Crippen LogP contribution in [-0.2, 0) is 9.47 Å². The van der Waals surface area contributed by atoms with Crippen molar-refractivity contribution in [1.29, 1.82) is 5.41 Å². The number of aromatic nitrogens is 1. The van der Waals surface area contributed by atoms with Crippen molar-refractivity contribution in [2.75, 3.05) is 51.8 Å². The first kappa shape index (κ1) is 20.1. The number of β-amino-alcohol motifs (C(OH)–C–C–N with tert-alkyl or cyclic N) is 1. The second-order valence-corrected chi connectivity index (χ2v) is 8.95. The first-order valence-electron chi connectivity index (χ1n) is 9.80. The molecule has 0 unspecified atom stereocenters. The number of hydrogen-bond donors (Lipinski definition) is 3. The third kappa shape index (κ3) is 3.96. The molecule has 3 fully saturated rings. The van der Waals surface area contributed by atoms with E-state index in [1.165, 1.54) is 18.4 Å². The topological polar surface area (TPSA) is 111 Å². The number of methoxy groups -OCH3 is 1. The molecule has 0 radical (unpaired) electrons. The van der Waals surface area contributed by atoms with Crippen LogP contribution in [0.5, 0.6) is 0 Å². The van der Waals surface area contributed by atoms with Gasteiger partial charge in [-0.25, -0.2) is 9.78 Å². The number of urea groups is 1. The molecule has 29 heavy (non-hydrogen) atoms. The number of anilines is 1. The predicted molar refractivity (Wildman–Crippen MR) is 110 cm³/mol. The number of likely N-dealkylation sites (tertiary alicyclic amines) is 2. The fourth-order valence-corrected chi connectivity index (χ4v) is 5.08. The molecule has 9 nitrogen and oxygen atoms in total. The van der Waals surface area contributed by atoms with Crippen molar-refractivity contribution in [3.8, 4) is 0 Å².